The van der Waals surface area contributed by atoms with Crippen LogP contribution in [0.15, 0.2) is 0 Å². The monoisotopic (exact) mass is 675 g/mol. The summed E-state index contributed by atoms with van der Waals surface area (Å²) >= 11 is 0. The van der Waals surface area contributed by atoms with Crippen molar-refractivity contribution >= 4 is 33.5 Å². The summed E-state index contributed by atoms with van der Waals surface area (Å²) in [7, 11) is -3.48. The van der Waals surface area contributed by atoms with E-state index in [1.807, 2.05) is 0 Å². The molecule has 0 saturated heterocycles. The van der Waals surface area contributed by atoms with Crippen LogP contribution >= 0.6 is 0 Å². The van der Waals surface area contributed by atoms with Crippen LogP contribution in [0.25, 0.3) is 0 Å². The molecule has 12 nitrogen and oxygen atoms in total. The van der Waals surface area contributed by atoms with Crippen molar-refractivity contribution < 1.29 is 32.7 Å². The molecule has 46 heavy (non-hydrogen) atoms. The van der Waals surface area contributed by atoms with Gasteiger partial charge in [0, 0.05) is 12.7 Å². The minimum atomic E-state index is -3.48. The van der Waals surface area contributed by atoms with Crippen molar-refractivity contribution in [3.8, 4) is 0 Å². The maximum atomic E-state index is 13.3. The molecule has 3 atom stereocenters. The lowest BCUT2D eigenvalue weighted by Crippen LogP contribution is -2.56. The summed E-state index contributed by atoms with van der Waals surface area (Å²) in [5.74, 6) is -3.31. The topological polar surface area (TPSA) is 211 Å². The van der Waals surface area contributed by atoms with Crippen molar-refractivity contribution in [1.82, 2.24) is 16.0 Å². The number of carbonyl (C=O) groups excluding carboxylic acids is 3. The van der Waals surface area contributed by atoms with E-state index in [0.29, 0.717) is 51.6 Å². The average Bonchev–Trinajstić information content (AvgIpc) is 2.99. The van der Waals surface area contributed by atoms with Gasteiger partial charge in [0.05, 0.1) is 5.75 Å². The highest BCUT2D eigenvalue weighted by Crippen LogP contribution is 2.13. The minimum Gasteiger partial charge on any atom is -0.480 e. The largest absolute Gasteiger partial charge is 0.480 e. The first-order valence-electron chi connectivity index (χ1n) is 17.7. The molecular formula is C33H65N5O7S. The summed E-state index contributed by atoms with van der Waals surface area (Å²) in [4.78, 5) is 50.9. The number of aliphatic carboxylic acids is 1. The molecule has 0 aromatic carbocycles. The fourth-order valence-corrected chi connectivity index (χ4v) is 5.89. The Kier molecular flexibility index (Phi) is 26.5. The molecule has 0 saturated carbocycles. The second-order valence-corrected chi connectivity index (χ2v) is 14.8. The van der Waals surface area contributed by atoms with E-state index in [-0.39, 0.29) is 30.9 Å². The third-order valence-corrected chi connectivity index (χ3v) is 9.06. The summed E-state index contributed by atoms with van der Waals surface area (Å²) < 4.78 is 23.7. The molecule has 0 aliphatic carbocycles. The van der Waals surface area contributed by atoms with Crippen LogP contribution in [-0.2, 0) is 29.0 Å². The van der Waals surface area contributed by atoms with Crippen molar-refractivity contribution in [3.63, 3.8) is 0 Å². The number of rotatable bonds is 31. The fourth-order valence-electron chi connectivity index (χ4n) is 5.23. The van der Waals surface area contributed by atoms with Gasteiger partial charge in [0.2, 0.25) is 17.7 Å². The molecule has 8 N–H and O–H groups in total. The molecule has 0 aromatic heterocycles. The predicted molar refractivity (Wildman–Crippen MR) is 184 cm³/mol. The number of nitrogens with two attached hydrogens (primary N) is 2. The molecule has 0 spiro atoms. The van der Waals surface area contributed by atoms with Gasteiger partial charge in [-0.05, 0) is 64.5 Å². The van der Waals surface area contributed by atoms with Crippen LogP contribution in [0.5, 0.6) is 0 Å². The second-order valence-electron chi connectivity index (χ2n) is 12.6. The van der Waals surface area contributed by atoms with Crippen molar-refractivity contribution in [2.24, 2.45) is 11.5 Å². The summed E-state index contributed by atoms with van der Waals surface area (Å²) in [5, 5.41) is 17.3. The van der Waals surface area contributed by atoms with Crippen LogP contribution in [0.3, 0.4) is 0 Å². The fraction of sp³-hybridized carbons (Fsp3) is 0.879. The summed E-state index contributed by atoms with van der Waals surface area (Å²) in [6, 6.07) is -3.44. The Bertz CT molecular complexity index is 949. The van der Waals surface area contributed by atoms with Gasteiger partial charge in [-0.3, -0.25) is 14.4 Å². The molecule has 0 bridgehead atoms. The van der Waals surface area contributed by atoms with E-state index in [1.54, 1.807) is 0 Å². The molecule has 0 fully saturated rings. The Morgan fingerprint density at radius 1 is 0.587 bits per heavy atom. The van der Waals surface area contributed by atoms with Gasteiger partial charge >= 0.3 is 5.97 Å². The zero-order valence-electron chi connectivity index (χ0n) is 28.7. The van der Waals surface area contributed by atoms with Crippen LogP contribution in [0.4, 0.5) is 0 Å². The minimum absolute atomic E-state index is 0.141. The van der Waals surface area contributed by atoms with E-state index in [0.717, 1.165) is 25.5 Å². The molecule has 0 aliphatic rings. The molecule has 3 unspecified atom stereocenters. The molecule has 0 rings (SSSR count). The number of carboxylic acids is 1. The molecule has 270 valence electrons. The number of sulfone groups is 1. The van der Waals surface area contributed by atoms with Crippen molar-refractivity contribution in [2.75, 3.05) is 25.1 Å². The van der Waals surface area contributed by atoms with E-state index in [9.17, 15) is 32.7 Å². The summed E-state index contributed by atoms with van der Waals surface area (Å²) in [6.07, 6.45) is 19.3. The lowest BCUT2D eigenvalue weighted by Gasteiger charge is -2.24. The lowest BCUT2D eigenvalue weighted by atomic mass is 10.0. The smallest absolute Gasteiger partial charge is 0.326 e. The highest BCUT2D eigenvalue weighted by molar-refractivity contribution is 7.90. The predicted octanol–water partition coefficient (Wildman–Crippen LogP) is 3.70. The number of unbranched alkanes of at least 4 members (excludes halogenated alkanes) is 14. The normalized spacial score (nSPS) is 13.5. The maximum Gasteiger partial charge on any atom is 0.326 e. The maximum absolute atomic E-state index is 13.3. The van der Waals surface area contributed by atoms with E-state index < -0.39 is 45.7 Å². The van der Waals surface area contributed by atoms with E-state index >= 15 is 0 Å². The number of amides is 3. The molecular weight excluding hydrogens is 610 g/mol. The molecule has 0 aromatic rings. The highest BCUT2D eigenvalue weighted by atomic mass is 32.2. The number of carbonyl (C=O) groups is 4. The van der Waals surface area contributed by atoms with Crippen LogP contribution in [0.1, 0.15) is 142 Å². The Morgan fingerprint density at radius 3 is 1.43 bits per heavy atom. The highest BCUT2D eigenvalue weighted by Gasteiger charge is 2.30. The molecule has 0 radical (unpaired) electrons. The van der Waals surface area contributed by atoms with Crippen molar-refractivity contribution in [3.05, 3.63) is 0 Å². The first-order valence-corrected chi connectivity index (χ1v) is 19.7. The van der Waals surface area contributed by atoms with Gasteiger partial charge in [0.15, 0.2) is 0 Å². The third-order valence-electron chi connectivity index (χ3n) is 8.08. The van der Waals surface area contributed by atoms with Crippen LogP contribution in [0, 0.1) is 0 Å². The van der Waals surface area contributed by atoms with Gasteiger partial charge < -0.3 is 32.5 Å². The van der Waals surface area contributed by atoms with E-state index in [2.05, 4.69) is 22.9 Å². The van der Waals surface area contributed by atoms with Crippen molar-refractivity contribution in [1.29, 1.82) is 0 Å². The van der Waals surface area contributed by atoms with Crippen LogP contribution in [-0.4, -0.2) is 80.4 Å². The van der Waals surface area contributed by atoms with Gasteiger partial charge in [-0.2, -0.15) is 0 Å². The molecule has 0 aliphatic heterocycles. The quantitative estimate of drug-likeness (QED) is 0.0591. The first kappa shape index (κ1) is 43.8. The zero-order valence-corrected chi connectivity index (χ0v) is 29.5. The van der Waals surface area contributed by atoms with Crippen LogP contribution < -0.4 is 27.4 Å². The van der Waals surface area contributed by atoms with Gasteiger partial charge in [0.25, 0.3) is 0 Å². The van der Waals surface area contributed by atoms with Gasteiger partial charge in [-0.15, -0.1) is 0 Å². The summed E-state index contributed by atoms with van der Waals surface area (Å²) in [5.41, 5.74) is 11.1. The number of hydrogen-bond acceptors (Lipinski definition) is 8. The Morgan fingerprint density at radius 2 is 1.00 bits per heavy atom. The second kappa shape index (κ2) is 27.8. The van der Waals surface area contributed by atoms with E-state index in [4.69, 9.17) is 11.5 Å². The lowest BCUT2D eigenvalue weighted by molar-refractivity contribution is -0.142. The first-order chi connectivity index (χ1) is 21.9. The molecule has 0 heterocycles. The summed E-state index contributed by atoms with van der Waals surface area (Å²) in [6.45, 7) is 3.03. The van der Waals surface area contributed by atoms with Gasteiger partial charge in [0.1, 0.15) is 28.0 Å². The van der Waals surface area contributed by atoms with Crippen LogP contribution in [0.2, 0.25) is 0 Å². The number of carboxylic acid groups (broad SMARTS) is 1. The SMILES string of the molecule is CCCCCCCCCCCCCCCC(=O)NC(CCCCN)C(=O)NC(CCS(C)(=O)=O)C(=O)NC(CCCCN)C(=O)O. The van der Waals surface area contributed by atoms with Crippen molar-refractivity contribution in [2.45, 2.75) is 160 Å². The Balaban J connectivity index is 4.97. The third kappa shape index (κ3) is 24.9. The average molecular weight is 676 g/mol. The zero-order chi connectivity index (χ0) is 34.6. The standard InChI is InChI=1S/C33H65N5O7S/c1-3-4-5-6-7-8-9-10-11-12-13-14-15-22-30(39)36-27(20-16-18-24-34)31(40)37-28(23-26-46(2,44)45)32(41)38-29(33(42)43)21-17-19-25-35/h27-29H,3-26,34-35H2,1-2H3,(H,36,39)(H,37,40)(H,38,41)(H,42,43). The van der Waals surface area contributed by atoms with Gasteiger partial charge in [-0.1, -0.05) is 84.0 Å². The Hall–Kier alpha value is -2.25. The molecule has 3 amide bonds. The number of hydrogen-bond donors (Lipinski definition) is 6. The molecule has 13 heteroatoms. The Labute approximate surface area is 278 Å². The number of nitrogens with one attached hydrogen (secondary N) is 3. The van der Waals surface area contributed by atoms with Gasteiger partial charge in [-0.25, -0.2) is 13.2 Å². The van der Waals surface area contributed by atoms with E-state index in [1.165, 1.54) is 57.8 Å².